The Hall–Kier alpha value is -1.34. The van der Waals surface area contributed by atoms with Gasteiger partial charge in [-0.25, -0.2) is 0 Å². The first kappa shape index (κ1) is 10.7. The predicted octanol–water partition coefficient (Wildman–Crippen LogP) is 2.95. The van der Waals surface area contributed by atoms with E-state index in [1.807, 2.05) is 12.2 Å². The third-order valence-corrected chi connectivity index (χ3v) is 2.02. The topological polar surface area (TPSA) is 20.2 Å². The lowest BCUT2D eigenvalue weighted by molar-refractivity contribution is 0.300. The van der Waals surface area contributed by atoms with Gasteiger partial charge in [0.15, 0.2) is 0 Å². The van der Waals surface area contributed by atoms with E-state index in [-0.39, 0.29) is 6.61 Å². The largest absolute Gasteiger partial charge is 0.396 e. The van der Waals surface area contributed by atoms with Gasteiger partial charge in [0.05, 0.1) is 0 Å². The van der Waals surface area contributed by atoms with E-state index < -0.39 is 0 Å². The smallest absolute Gasteiger partial charge is 0.0471 e. The highest BCUT2D eigenvalue weighted by atomic mass is 16.2. The molecule has 0 saturated heterocycles. The van der Waals surface area contributed by atoms with Crippen molar-refractivity contribution in [2.75, 3.05) is 6.61 Å². The van der Waals surface area contributed by atoms with E-state index in [1.54, 1.807) is 0 Å². The summed E-state index contributed by atoms with van der Waals surface area (Å²) in [4.78, 5) is 0. The Morgan fingerprint density at radius 3 is 2.57 bits per heavy atom. The van der Waals surface area contributed by atoms with Gasteiger partial charge in [-0.3, -0.25) is 0 Å². The third kappa shape index (κ3) is 3.58. The van der Waals surface area contributed by atoms with Gasteiger partial charge in [-0.1, -0.05) is 54.1 Å². The predicted molar refractivity (Wildman–Crippen MR) is 61.1 cm³/mol. The molecule has 0 unspecified atom stereocenters. The van der Waals surface area contributed by atoms with E-state index in [9.17, 15) is 0 Å². The number of benzene rings is 1. The van der Waals surface area contributed by atoms with Gasteiger partial charge in [-0.2, -0.15) is 0 Å². The molecular formula is C13H16O. The fourth-order valence-electron chi connectivity index (χ4n) is 1.12. The van der Waals surface area contributed by atoms with Crippen LogP contribution in [0.15, 0.2) is 42.5 Å². The van der Waals surface area contributed by atoms with Crippen molar-refractivity contribution in [1.82, 2.24) is 0 Å². The minimum Gasteiger partial charge on any atom is -0.396 e. The molecule has 0 atom stereocenters. The molecule has 1 rings (SSSR count). The lowest BCUT2D eigenvalue weighted by Crippen LogP contribution is -1.82. The minimum atomic E-state index is 0.164. The summed E-state index contributed by atoms with van der Waals surface area (Å²) in [6, 6.07) is 8.29. The molecule has 0 saturated carbocycles. The van der Waals surface area contributed by atoms with Crippen molar-refractivity contribution in [3.8, 4) is 0 Å². The van der Waals surface area contributed by atoms with Crippen molar-refractivity contribution in [3.63, 3.8) is 0 Å². The quantitative estimate of drug-likeness (QED) is 0.720. The highest BCUT2D eigenvalue weighted by Gasteiger charge is 1.88. The summed E-state index contributed by atoms with van der Waals surface area (Å²) in [5.41, 5.74) is 3.37. The SMILES string of the molecule is C=C(/C=C/c1ccc(C)cc1)CCO. The maximum Gasteiger partial charge on any atom is 0.0471 e. The van der Waals surface area contributed by atoms with Crippen molar-refractivity contribution in [1.29, 1.82) is 0 Å². The minimum absolute atomic E-state index is 0.164. The van der Waals surface area contributed by atoms with E-state index in [2.05, 4.69) is 37.8 Å². The second-order valence-corrected chi connectivity index (χ2v) is 3.38. The van der Waals surface area contributed by atoms with Crippen LogP contribution in [0.3, 0.4) is 0 Å². The number of aryl methyl sites for hydroxylation is 1. The number of hydrogen-bond donors (Lipinski definition) is 1. The van der Waals surface area contributed by atoms with E-state index in [1.165, 1.54) is 5.56 Å². The number of hydrogen-bond acceptors (Lipinski definition) is 1. The van der Waals surface area contributed by atoms with Crippen LogP contribution in [0.1, 0.15) is 17.5 Å². The number of aliphatic hydroxyl groups is 1. The molecule has 0 heterocycles. The molecule has 0 aromatic heterocycles. The maximum atomic E-state index is 8.68. The maximum absolute atomic E-state index is 8.68. The lowest BCUT2D eigenvalue weighted by Gasteiger charge is -1.96. The molecule has 0 aliphatic heterocycles. The molecule has 0 bridgehead atoms. The van der Waals surface area contributed by atoms with E-state index in [0.29, 0.717) is 6.42 Å². The van der Waals surface area contributed by atoms with Crippen molar-refractivity contribution in [2.24, 2.45) is 0 Å². The van der Waals surface area contributed by atoms with Gasteiger partial charge in [0.2, 0.25) is 0 Å². The monoisotopic (exact) mass is 188 g/mol. The Morgan fingerprint density at radius 2 is 2.00 bits per heavy atom. The Balaban J connectivity index is 2.60. The van der Waals surface area contributed by atoms with Crippen molar-refractivity contribution < 1.29 is 5.11 Å². The summed E-state index contributed by atoms with van der Waals surface area (Å²) < 4.78 is 0. The second-order valence-electron chi connectivity index (χ2n) is 3.38. The molecule has 0 spiro atoms. The standard InChI is InChI=1S/C13H16O/c1-11-3-6-13(7-4-11)8-5-12(2)9-10-14/h3-8,14H,2,9-10H2,1H3/b8-5+. The van der Waals surface area contributed by atoms with Crippen LogP contribution in [0.5, 0.6) is 0 Å². The van der Waals surface area contributed by atoms with E-state index >= 15 is 0 Å². The van der Waals surface area contributed by atoms with Crippen LogP contribution in [-0.2, 0) is 0 Å². The van der Waals surface area contributed by atoms with Crippen molar-refractivity contribution >= 4 is 6.08 Å². The normalized spacial score (nSPS) is 10.7. The van der Waals surface area contributed by atoms with Crippen molar-refractivity contribution in [2.45, 2.75) is 13.3 Å². The van der Waals surface area contributed by atoms with Crippen LogP contribution < -0.4 is 0 Å². The fourth-order valence-corrected chi connectivity index (χ4v) is 1.12. The molecule has 0 fully saturated rings. The van der Waals surface area contributed by atoms with Crippen LogP contribution in [0, 0.1) is 6.92 Å². The molecule has 0 aliphatic carbocycles. The molecule has 14 heavy (non-hydrogen) atoms. The average molecular weight is 188 g/mol. The zero-order valence-electron chi connectivity index (χ0n) is 8.53. The lowest BCUT2D eigenvalue weighted by atomic mass is 10.1. The van der Waals surface area contributed by atoms with Crippen LogP contribution >= 0.6 is 0 Å². The highest BCUT2D eigenvalue weighted by molar-refractivity contribution is 5.52. The van der Waals surface area contributed by atoms with Gasteiger partial charge in [-0.15, -0.1) is 0 Å². The molecular weight excluding hydrogens is 172 g/mol. The summed E-state index contributed by atoms with van der Waals surface area (Å²) in [6.07, 6.45) is 4.60. The number of allylic oxidation sites excluding steroid dienone is 1. The molecule has 1 N–H and O–H groups in total. The Kier molecular flexibility index (Phi) is 4.14. The third-order valence-electron chi connectivity index (χ3n) is 2.02. The second kappa shape index (κ2) is 5.40. The highest BCUT2D eigenvalue weighted by Crippen LogP contribution is 2.07. The van der Waals surface area contributed by atoms with Gasteiger partial charge >= 0.3 is 0 Å². The van der Waals surface area contributed by atoms with Crippen LogP contribution in [0.2, 0.25) is 0 Å². The summed E-state index contributed by atoms with van der Waals surface area (Å²) >= 11 is 0. The Labute approximate surface area is 85.4 Å². The zero-order valence-corrected chi connectivity index (χ0v) is 8.53. The first-order chi connectivity index (χ1) is 6.72. The average Bonchev–Trinajstić information content (AvgIpc) is 2.17. The Morgan fingerprint density at radius 1 is 1.36 bits per heavy atom. The molecule has 0 radical (unpaired) electrons. The van der Waals surface area contributed by atoms with Crippen LogP contribution in [-0.4, -0.2) is 11.7 Å². The van der Waals surface area contributed by atoms with Gasteiger partial charge in [0.1, 0.15) is 0 Å². The fraction of sp³-hybridized carbons (Fsp3) is 0.231. The van der Waals surface area contributed by atoms with Gasteiger partial charge in [-0.05, 0) is 18.9 Å². The zero-order chi connectivity index (χ0) is 10.4. The number of aliphatic hydroxyl groups excluding tert-OH is 1. The summed E-state index contributed by atoms with van der Waals surface area (Å²) in [6.45, 7) is 6.06. The molecule has 1 aromatic rings. The number of rotatable bonds is 4. The Bertz CT molecular complexity index is 320. The molecule has 74 valence electrons. The molecule has 1 heteroatoms. The summed E-state index contributed by atoms with van der Waals surface area (Å²) in [5.74, 6) is 0. The van der Waals surface area contributed by atoms with Crippen molar-refractivity contribution in [3.05, 3.63) is 53.6 Å². The van der Waals surface area contributed by atoms with Gasteiger partial charge < -0.3 is 5.11 Å². The molecule has 1 nitrogen and oxygen atoms in total. The van der Waals surface area contributed by atoms with Gasteiger partial charge in [0.25, 0.3) is 0 Å². The van der Waals surface area contributed by atoms with Gasteiger partial charge in [0, 0.05) is 6.61 Å². The van der Waals surface area contributed by atoms with Crippen LogP contribution in [0.25, 0.3) is 6.08 Å². The first-order valence-corrected chi connectivity index (χ1v) is 4.76. The molecule has 0 aliphatic rings. The molecule has 1 aromatic carbocycles. The van der Waals surface area contributed by atoms with E-state index in [0.717, 1.165) is 11.1 Å². The van der Waals surface area contributed by atoms with E-state index in [4.69, 9.17) is 5.11 Å². The summed E-state index contributed by atoms with van der Waals surface area (Å²) in [5, 5.41) is 8.68. The molecule has 0 amide bonds. The van der Waals surface area contributed by atoms with Crippen LogP contribution in [0.4, 0.5) is 0 Å². The first-order valence-electron chi connectivity index (χ1n) is 4.76. The summed E-state index contributed by atoms with van der Waals surface area (Å²) in [7, 11) is 0.